The Hall–Kier alpha value is -1.30. The number of carbonyl (C=O) groups excluding carboxylic acids is 1. The predicted molar refractivity (Wildman–Crippen MR) is 82.8 cm³/mol. The van der Waals surface area contributed by atoms with Crippen molar-refractivity contribution < 1.29 is 14.3 Å². The molecule has 0 radical (unpaired) electrons. The number of rotatable bonds is 2. The Morgan fingerprint density at radius 1 is 1.45 bits per heavy atom. The molecule has 0 spiro atoms. The number of nitrogens with zero attached hydrogens (tertiary/aromatic N) is 2. The highest BCUT2D eigenvalue weighted by atomic mass is 79.9. The fourth-order valence-electron chi connectivity index (χ4n) is 1.68. The molecule has 0 N–H and O–H groups in total. The van der Waals surface area contributed by atoms with Crippen molar-refractivity contribution >= 4 is 28.7 Å². The maximum absolute atomic E-state index is 12.3. The van der Waals surface area contributed by atoms with Gasteiger partial charge >= 0.3 is 6.09 Å². The van der Waals surface area contributed by atoms with E-state index in [-0.39, 0.29) is 0 Å². The number of hydrogen-bond acceptors (Lipinski definition) is 4. The lowest BCUT2D eigenvalue weighted by molar-refractivity contribution is 0.0212. The van der Waals surface area contributed by atoms with Crippen LogP contribution in [0.4, 0.5) is 4.79 Å². The van der Waals surface area contributed by atoms with E-state index in [1.165, 1.54) is 0 Å². The van der Waals surface area contributed by atoms with Crippen LogP contribution in [-0.4, -0.2) is 36.5 Å². The van der Waals surface area contributed by atoms with Gasteiger partial charge in [-0.15, -0.1) is 0 Å². The Kier molecular flexibility index (Phi) is 5.39. The third-order valence-electron chi connectivity index (χ3n) is 2.66. The topological polar surface area (TPSA) is 51.1 Å². The number of amides is 1. The Morgan fingerprint density at radius 2 is 2.05 bits per heavy atom. The third kappa shape index (κ3) is 4.10. The summed E-state index contributed by atoms with van der Waals surface area (Å²) in [5, 5.41) is 0. The summed E-state index contributed by atoms with van der Waals surface area (Å²) in [7, 11) is 0. The molecular weight excluding hydrogens is 324 g/mol. The van der Waals surface area contributed by atoms with Gasteiger partial charge in [-0.3, -0.25) is 4.90 Å². The normalized spacial score (nSPS) is 17.4. The van der Waals surface area contributed by atoms with Crippen molar-refractivity contribution in [2.24, 2.45) is 4.99 Å². The molecule has 0 unspecified atom stereocenters. The molecule has 1 aliphatic heterocycles. The SMILES string of the molecule is C=NC1=C(/C(C)=C(\C)Br)N(C(=O)OC(C)(C)C)CCO1. The number of ether oxygens (including phenoxy) is 2. The van der Waals surface area contributed by atoms with Crippen LogP contribution in [0, 0.1) is 0 Å². The van der Waals surface area contributed by atoms with Gasteiger partial charge in [0.15, 0.2) is 0 Å². The molecule has 0 bridgehead atoms. The number of halogens is 1. The van der Waals surface area contributed by atoms with Crippen LogP contribution in [0.15, 0.2) is 26.6 Å². The molecule has 0 atom stereocenters. The summed E-state index contributed by atoms with van der Waals surface area (Å²) in [4.78, 5) is 17.7. The summed E-state index contributed by atoms with van der Waals surface area (Å²) in [5.41, 5.74) is 0.899. The average Bonchev–Trinajstić information content (AvgIpc) is 2.34. The van der Waals surface area contributed by atoms with Crippen molar-refractivity contribution in [1.82, 2.24) is 4.90 Å². The van der Waals surface area contributed by atoms with Gasteiger partial charge in [0.1, 0.15) is 17.9 Å². The largest absolute Gasteiger partial charge is 0.474 e. The van der Waals surface area contributed by atoms with E-state index < -0.39 is 11.7 Å². The first-order valence-corrected chi connectivity index (χ1v) is 7.14. The second-order valence-electron chi connectivity index (χ2n) is 5.45. The Labute approximate surface area is 128 Å². The number of allylic oxidation sites excluding steroid dienone is 2. The second kappa shape index (κ2) is 6.43. The second-order valence-corrected chi connectivity index (χ2v) is 6.64. The molecule has 0 aromatic heterocycles. The van der Waals surface area contributed by atoms with Crippen LogP contribution in [0.25, 0.3) is 0 Å². The van der Waals surface area contributed by atoms with Crippen LogP contribution in [0.1, 0.15) is 34.6 Å². The van der Waals surface area contributed by atoms with Crippen LogP contribution in [0.2, 0.25) is 0 Å². The van der Waals surface area contributed by atoms with E-state index in [0.29, 0.717) is 24.7 Å². The van der Waals surface area contributed by atoms with Crippen molar-refractivity contribution in [3.8, 4) is 0 Å². The van der Waals surface area contributed by atoms with Crippen molar-refractivity contribution in [1.29, 1.82) is 0 Å². The van der Waals surface area contributed by atoms with Crippen LogP contribution >= 0.6 is 15.9 Å². The molecule has 0 saturated heterocycles. The van der Waals surface area contributed by atoms with E-state index in [1.807, 2.05) is 34.6 Å². The van der Waals surface area contributed by atoms with Gasteiger partial charge < -0.3 is 9.47 Å². The van der Waals surface area contributed by atoms with E-state index in [4.69, 9.17) is 9.47 Å². The molecule has 0 aliphatic carbocycles. The van der Waals surface area contributed by atoms with Crippen LogP contribution in [0.5, 0.6) is 0 Å². The lowest BCUT2D eigenvalue weighted by atomic mass is 10.1. The standard InChI is InChI=1S/C14H21BrN2O3/c1-9(10(2)15)11-12(16-6)19-8-7-17(11)13(18)20-14(3,4)5/h6-8H2,1-5H3/b10-9+. The van der Waals surface area contributed by atoms with Crippen LogP contribution in [-0.2, 0) is 9.47 Å². The summed E-state index contributed by atoms with van der Waals surface area (Å²) in [5.74, 6) is 0.346. The molecule has 5 nitrogen and oxygen atoms in total. The lowest BCUT2D eigenvalue weighted by Gasteiger charge is -2.33. The van der Waals surface area contributed by atoms with Crippen molar-refractivity contribution in [2.45, 2.75) is 40.2 Å². The zero-order chi connectivity index (χ0) is 15.5. The highest BCUT2D eigenvalue weighted by Gasteiger charge is 2.31. The predicted octanol–water partition coefficient (Wildman–Crippen LogP) is 3.81. The summed E-state index contributed by atoms with van der Waals surface area (Å²) in [6, 6.07) is 0. The zero-order valence-corrected chi connectivity index (χ0v) is 14.2. The van der Waals surface area contributed by atoms with Crippen molar-refractivity contribution in [3.63, 3.8) is 0 Å². The van der Waals surface area contributed by atoms with Gasteiger partial charge in [-0.25, -0.2) is 9.79 Å². The van der Waals surface area contributed by atoms with Gasteiger partial charge in [-0.05, 0) is 51.4 Å². The molecule has 0 aromatic rings. The van der Waals surface area contributed by atoms with E-state index in [1.54, 1.807) is 4.90 Å². The quantitative estimate of drug-likeness (QED) is 0.715. The number of carbonyl (C=O) groups is 1. The lowest BCUT2D eigenvalue weighted by Crippen LogP contribution is -2.41. The molecule has 20 heavy (non-hydrogen) atoms. The van der Waals surface area contributed by atoms with Gasteiger partial charge in [0.25, 0.3) is 0 Å². The molecular formula is C14H21BrN2O3. The smallest absolute Gasteiger partial charge is 0.415 e. The molecule has 0 aromatic carbocycles. The molecule has 0 saturated carbocycles. The van der Waals surface area contributed by atoms with E-state index in [2.05, 4.69) is 27.6 Å². The molecule has 6 heteroatoms. The van der Waals surface area contributed by atoms with Crippen molar-refractivity contribution in [3.05, 3.63) is 21.6 Å². The summed E-state index contributed by atoms with van der Waals surface area (Å²) in [6.07, 6.45) is -0.412. The molecule has 1 rings (SSSR count). The fourth-order valence-corrected chi connectivity index (χ4v) is 1.86. The highest BCUT2D eigenvalue weighted by Crippen LogP contribution is 2.29. The summed E-state index contributed by atoms with van der Waals surface area (Å²) < 4.78 is 11.8. The third-order valence-corrected chi connectivity index (χ3v) is 3.25. The minimum absolute atomic E-state index is 0.346. The molecule has 1 aliphatic rings. The first-order valence-electron chi connectivity index (χ1n) is 6.35. The molecule has 0 fully saturated rings. The minimum atomic E-state index is -0.552. The van der Waals surface area contributed by atoms with Gasteiger partial charge in [0.05, 0.1) is 6.54 Å². The van der Waals surface area contributed by atoms with E-state index in [0.717, 1.165) is 10.1 Å². The Balaban J connectivity index is 3.20. The number of aliphatic imine (C=N–C) groups is 1. The number of hydrogen-bond donors (Lipinski definition) is 0. The van der Waals surface area contributed by atoms with Crippen LogP contribution < -0.4 is 0 Å². The molecule has 1 heterocycles. The first kappa shape index (κ1) is 16.8. The maximum atomic E-state index is 12.3. The highest BCUT2D eigenvalue weighted by molar-refractivity contribution is 9.11. The molecule has 1 amide bonds. The summed E-state index contributed by atoms with van der Waals surface area (Å²) in [6.45, 7) is 13.6. The Morgan fingerprint density at radius 3 is 2.50 bits per heavy atom. The van der Waals surface area contributed by atoms with Crippen molar-refractivity contribution in [2.75, 3.05) is 13.2 Å². The van der Waals surface area contributed by atoms with Crippen LogP contribution in [0.3, 0.4) is 0 Å². The monoisotopic (exact) mass is 344 g/mol. The minimum Gasteiger partial charge on any atom is -0.474 e. The summed E-state index contributed by atoms with van der Waals surface area (Å²) >= 11 is 3.42. The fraction of sp³-hybridized carbons (Fsp3) is 0.571. The van der Waals surface area contributed by atoms with Gasteiger partial charge in [0.2, 0.25) is 5.88 Å². The van der Waals surface area contributed by atoms with Gasteiger partial charge in [-0.1, -0.05) is 15.9 Å². The zero-order valence-electron chi connectivity index (χ0n) is 12.6. The average molecular weight is 345 g/mol. The first-order chi connectivity index (χ1) is 9.17. The van der Waals surface area contributed by atoms with Gasteiger partial charge in [-0.2, -0.15) is 0 Å². The van der Waals surface area contributed by atoms with Gasteiger partial charge in [0, 0.05) is 0 Å². The van der Waals surface area contributed by atoms with E-state index in [9.17, 15) is 4.79 Å². The van der Waals surface area contributed by atoms with E-state index >= 15 is 0 Å². The Bertz CT molecular complexity index is 471. The molecule has 112 valence electrons. The maximum Gasteiger partial charge on any atom is 0.415 e.